The highest BCUT2D eigenvalue weighted by atomic mass is 16.5. The molecule has 1 rings (SSSR count). The number of benzene rings is 1. The number of methoxy groups -OCH3 is 1. The molecule has 0 amide bonds. The van der Waals surface area contributed by atoms with Gasteiger partial charge in [-0.3, -0.25) is 9.59 Å². The van der Waals surface area contributed by atoms with Crippen molar-refractivity contribution in [3.8, 4) is 11.5 Å². The second-order valence-electron chi connectivity index (χ2n) is 4.68. The van der Waals surface area contributed by atoms with Gasteiger partial charge in [-0.15, -0.1) is 0 Å². The van der Waals surface area contributed by atoms with Crippen molar-refractivity contribution in [1.82, 2.24) is 0 Å². The largest absolute Gasteiger partial charge is 0.508 e. The van der Waals surface area contributed by atoms with Crippen LogP contribution >= 0.6 is 0 Å². The molecule has 5 nitrogen and oxygen atoms in total. The van der Waals surface area contributed by atoms with E-state index in [0.29, 0.717) is 18.6 Å². The van der Waals surface area contributed by atoms with E-state index in [1.54, 1.807) is 6.92 Å². The number of aromatic hydroxyl groups is 1. The third kappa shape index (κ3) is 4.57. The molecule has 20 heavy (non-hydrogen) atoms. The predicted molar refractivity (Wildman–Crippen MR) is 73.3 cm³/mol. The van der Waals surface area contributed by atoms with Crippen molar-refractivity contribution >= 4 is 11.9 Å². The van der Waals surface area contributed by atoms with Crippen LogP contribution in [0.2, 0.25) is 0 Å². The predicted octanol–water partition coefficient (Wildman–Crippen LogP) is 2.52. The molecule has 2 unspecified atom stereocenters. The van der Waals surface area contributed by atoms with Crippen molar-refractivity contribution in [2.75, 3.05) is 7.11 Å². The molecule has 0 aromatic heterocycles. The normalized spacial score (nSPS) is 13.3. The number of phenols is 1. The van der Waals surface area contributed by atoms with Gasteiger partial charge in [0.25, 0.3) is 0 Å². The molecule has 0 bridgehead atoms. The fraction of sp³-hybridized carbons (Fsp3) is 0.467. The van der Waals surface area contributed by atoms with Crippen LogP contribution in [0, 0.1) is 11.8 Å². The van der Waals surface area contributed by atoms with Crippen molar-refractivity contribution in [3.05, 3.63) is 24.3 Å². The average Bonchev–Trinajstić information content (AvgIpc) is 2.45. The molecule has 0 aliphatic carbocycles. The second kappa shape index (κ2) is 7.53. The standard InChI is InChI=1S/C15H20O5/c1-4-11(9-10(2)14(17)19-3)15(18)20-13-7-5-12(16)6-8-13/h5-8,10-11,16H,4,9H2,1-3H3. The summed E-state index contributed by atoms with van der Waals surface area (Å²) in [7, 11) is 1.33. The van der Waals surface area contributed by atoms with Gasteiger partial charge in [0.2, 0.25) is 0 Å². The lowest BCUT2D eigenvalue weighted by Gasteiger charge is -2.17. The maximum atomic E-state index is 12.0. The van der Waals surface area contributed by atoms with E-state index in [1.807, 2.05) is 6.92 Å². The number of esters is 2. The highest BCUT2D eigenvalue weighted by molar-refractivity contribution is 5.77. The summed E-state index contributed by atoms with van der Waals surface area (Å²) in [6, 6.07) is 5.93. The molecule has 1 aromatic rings. The summed E-state index contributed by atoms with van der Waals surface area (Å²) in [5, 5.41) is 9.16. The van der Waals surface area contributed by atoms with Crippen LogP contribution in [0.3, 0.4) is 0 Å². The summed E-state index contributed by atoms with van der Waals surface area (Å²) in [5.74, 6) is -0.946. The van der Waals surface area contributed by atoms with Gasteiger partial charge in [-0.05, 0) is 37.1 Å². The quantitative estimate of drug-likeness (QED) is 0.640. The third-order valence-corrected chi connectivity index (χ3v) is 3.12. The van der Waals surface area contributed by atoms with Gasteiger partial charge in [0, 0.05) is 0 Å². The number of ether oxygens (including phenoxy) is 2. The van der Waals surface area contributed by atoms with E-state index in [1.165, 1.54) is 31.4 Å². The molecular formula is C15H20O5. The zero-order valence-electron chi connectivity index (χ0n) is 12.0. The fourth-order valence-electron chi connectivity index (χ4n) is 1.87. The first-order valence-corrected chi connectivity index (χ1v) is 6.56. The molecule has 0 fully saturated rings. The minimum absolute atomic E-state index is 0.108. The first-order chi connectivity index (χ1) is 9.47. The molecule has 0 saturated heterocycles. The average molecular weight is 280 g/mol. The Labute approximate surface area is 118 Å². The summed E-state index contributed by atoms with van der Waals surface area (Å²) in [5.41, 5.74) is 0. The van der Waals surface area contributed by atoms with E-state index in [2.05, 4.69) is 4.74 Å². The molecule has 0 heterocycles. The number of rotatable bonds is 6. The second-order valence-corrected chi connectivity index (χ2v) is 4.68. The zero-order valence-corrected chi connectivity index (χ0v) is 12.0. The van der Waals surface area contributed by atoms with Crippen LogP contribution in [0.4, 0.5) is 0 Å². The highest BCUT2D eigenvalue weighted by Crippen LogP contribution is 2.21. The van der Waals surface area contributed by atoms with Crippen molar-refractivity contribution < 1.29 is 24.2 Å². The number of carbonyl (C=O) groups is 2. The van der Waals surface area contributed by atoms with Crippen LogP contribution in [0.1, 0.15) is 26.7 Å². The van der Waals surface area contributed by atoms with Gasteiger partial charge in [0.15, 0.2) is 0 Å². The van der Waals surface area contributed by atoms with E-state index in [4.69, 9.17) is 9.84 Å². The first-order valence-electron chi connectivity index (χ1n) is 6.56. The Morgan fingerprint density at radius 2 is 1.80 bits per heavy atom. The molecule has 2 atom stereocenters. The van der Waals surface area contributed by atoms with Crippen LogP contribution in [0.5, 0.6) is 11.5 Å². The summed E-state index contributed by atoms with van der Waals surface area (Å²) < 4.78 is 9.88. The Bertz CT molecular complexity index is 452. The minimum atomic E-state index is -0.381. The van der Waals surface area contributed by atoms with Gasteiger partial charge >= 0.3 is 11.9 Å². The van der Waals surface area contributed by atoms with Crippen molar-refractivity contribution in [2.45, 2.75) is 26.7 Å². The number of carbonyl (C=O) groups excluding carboxylic acids is 2. The molecule has 0 spiro atoms. The summed E-state index contributed by atoms with van der Waals surface area (Å²) >= 11 is 0. The summed E-state index contributed by atoms with van der Waals surface area (Å²) in [6.07, 6.45) is 0.971. The minimum Gasteiger partial charge on any atom is -0.508 e. The van der Waals surface area contributed by atoms with Gasteiger partial charge in [0.05, 0.1) is 18.9 Å². The van der Waals surface area contributed by atoms with Crippen LogP contribution in [0.15, 0.2) is 24.3 Å². The lowest BCUT2D eigenvalue weighted by molar-refractivity contribution is -0.146. The smallest absolute Gasteiger partial charge is 0.314 e. The van der Waals surface area contributed by atoms with E-state index >= 15 is 0 Å². The molecule has 1 aromatic carbocycles. The number of hydrogen-bond acceptors (Lipinski definition) is 5. The molecule has 0 aliphatic heterocycles. The van der Waals surface area contributed by atoms with Crippen molar-refractivity contribution in [2.24, 2.45) is 11.8 Å². The monoisotopic (exact) mass is 280 g/mol. The Balaban J connectivity index is 2.63. The van der Waals surface area contributed by atoms with Crippen LogP contribution in [-0.4, -0.2) is 24.2 Å². The van der Waals surface area contributed by atoms with E-state index in [0.717, 1.165) is 0 Å². The Morgan fingerprint density at radius 3 is 2.30 bits per heavy atom. The fourth-order valence-corrected chi connectivity index (χ4v) is 1.87. The van der Waals surface area contributed by atoms with Gasteiger partial charge in [-0.2, -0.15) is 0 Å². The van der Waals surface area contributed by atoms with Gasteiger partial charge < -0.3 is 14.6 Å². The van der Waals surface area contributed by atoms with E-state index in [9.17, 15) is 9.59 Å². The van der Waals surface area contributed by atoms with Gasteiger partial charge in [0.1, 0.15) is 11.5 Å². The van der Waals surface area contributed by atoms with Gasteiger partial charge in [-0.25, -0.2) is 0 Å². The molecule has 0 saturated carbocycles. The molecule has 0 radical (unpaired) electrons. The first kappa shape index (κ1) is 16.0. The lowest BCUT2D eigenvalue weighted by Crippen LogP contribution is -2.25. The summed E-state index contributed by atoms with van der Waals surface area (Å²) in [6.45, 7) is 3.59. The van der Waals surface area contributed by atoms with Crippen molar-refractivity contribution in [3.63, 3.8) is 0 Å². The maximum absolute atomic E-state index is 12.0. The van der Waals surface area contributed by atoms with Crippen LogP contribution < -0.4 is 4.74 Å². The zero-order chi connectivity index (χ0) is 15.1. The molecule has 1 N–H and O–H groups in total. The molecular weight excluding hydrogens is 260 g/mol. The lowest BCUT2D eigenvalue weighted by atomic mass is 9.94. The number of hydrogen-bond donors (Lipinski definition) is 1. The van der Waals surface area contributed by atoms with Crippen molar-refractivity contribution in [1.29, 1.82) is 0 Å². The maximum Gasteiger partial charge on any atom is 0.314 e. The SMILES string of the molecule is CCC(CC(C)C(=O)OC)C(=O)Oc1ccc(O)cc1. The number of phenolic OH excluding ortho intramolecular Hbond substituents is 1. The molecule has 5 heteroatoms. The van der Waals surface area contributed by atoms with E-state index in [-0.39, 0.29) is 29.5 Å². The highest BCUT2D eigenvalue weighted by Gasteiger charge is 2.25. The Hall–Kier alpha value is -2.04. The third-order valence-electron chi connectivity index (χ3n) is 3.12. The van der Waals surface area contributed by atoms with E-state index < -0.39 is 0 Å². The topological polar surface area (TPSA) is 72.8 Å². The molecule has 0 aliphatic rings. The van der Waals surface area contributed by atoms with Gasteiger partial charge in [-0.1, -0.05) is 13.8 Å². The summed E-state index contributed by atoms with van der Waals surface area (Å²) in [4.78, 5) is 23.4. The molecule has 110 valence electrons. The van der Waals surface area contributed by atoms with Crippen LogP contribution in [0.25, 0.3) is 0 Å². The Kier molecular flexibility index (Phi) is 6.03. The Morgan fingerprint density at radius 1 is 1.20 bits per heavy atom. The van der Waals surface area contributed by atoms with Crippen LogP contribution in [-0.2, 0) is 14.3 Å².